The zero-order chi connectivity index (χ0) is 11.3. The van der Waals surface area contributed by atoms with Crippen LogP contribution in [0.1, 0.15) is 66.2 Å². The Labute approximate surface area is 95.5 Å². The molecular formula is C15H26. The number of allylic oxidation sites excluding steroid dienone is 4. The van der Waals surface area contributed by atoms with Crippen LogP contribution in [0.4, 0.5) is 0 Å². The van der Waals surface area contributed by atoms with Crippen molar-refractivity contribution in [3.63, 3.8) is 0 Å². The molecule has 0 heteroatoms. The number of rotatable bonds is 7. The van der Waals surface area contributed by atoms with E-state index in [4.69, 9.17) is 0 Å². The zero-order valence-corrected chi connectivity index (χ0v) is 10.9. The third-order valence-corrected chi connectivity index (χ3v) is 3.62. The van der Waals surface area contributed by atoms with Crippen LogP contribution < -0.4 is 0 Å². The van der Waals surface area contributed by atoms with E-state index in [-0.39, 0.29) is 0 Å². The van der Waals surface area contributed by atoms with Gasteiger partial charge in [0.25, 0.3) is 0 Å². The summed E-state index contributed by atoms with van der Waals surface area (Å²) in [5, 5.41) is 0. The maximum atomic E-state index is 2.38. The summed E-state index contributed by atoms with van der Waals surface area (Å²) in [6.45, 7) is 9.08. The van der Waals surface area contributed by atoms with Crippen LogP contribution in [0.2, 0.25) is 0 Å². The quantitative estimate of drug-likeness (QED) is 0.394. The predicted molar refractivity (Wildman–Crippen MR) is 69.0 cm³/mol. The van der Waals surface area contributed by atoms with Crippen molar-refractivity contribution in [1.29, 1.82) is 0 Å². The molecule has 0 fully saturated rings. The van der Waals surface area contributed by atoms with Crippen LogP contribution in [0.3, 0.4) is 0 Å². The third kappa shape index (κ3) is 5.20. The first-order valence-electron chi connectivity index (χ1n) is 6.43. The molecule has 1 rings (SSSR count). The summed E-state index contributed by atoms with van der Waals surface area (Å²) in [5.74, 6) is 0.870. The van der Waals surface area contributed by atoms with Crippen LogP contribution >= 0.6 is 0 Å². The molecule has 0 N–H and O–H groups in total. The molecule has 86 valence electrons. The molecule has 0 nitrogen and oxygen atoms in total. The topological polar surface area (TPSA) is 0 Å². The van der Waals surface area contributed by atoms with Gasteiger partial charge in [-0.25, -0.2) is 0 Å². The van der Waals surface area contributed by atoms with Crippen molar-refractivity contribution in [2.24, 2.45) is 5.92 Å². The van der Waals surface area contributed by atoms with E-state index in [9.17, 15) is 0 Å². The lowest BCUT2D eigenvalue weighted by molar-refractivity contribution is 0.552. The van der Waals surface area contributed by atoms with Gasteiger partial charge in [0.15, 0.2) is 0 Å². The largest absolute Gasteiger partial charge is 0.0807 e. The Morgan fingerprint density at radius 2 is 1.87 bits per heavy atom. The molecule has 0 radical (unpaired) electrons. The molecule has 0 aromatic carbocycles. The molecule has 0 amide bonds. The van der Waals surface area contributed by atoms with Crippen molar-refractivity contribution in [1.82, 2.24) is 0 Å². The molecule has 0 aromatic heterocycles. The second kappa shape index (κ2) is 6.15. The van der Waals surface area contributed by atoms with Crippen molar-refractivity contribution in [3.8, 4) is 0 Å². The second-order valence-corrected chi connectivity index (χ2v) is 5.26. The van der Waals surface area contributed by atoms with Crippen molar-refractivity contribution in [2.75, 3.05) is 0 Å². The van der Waals surface area contributed by atoms with Crippen molar-refractivity contribution >= 4 is 0 Å². The third-order valence-electron chi connectivity index (χ3n) is 3.62. The Balaban J connectivity index is 1.97. The predicted octanol–water partition coefficient (Wildman–Crippen LogP) is 5.26. The molecule has 0 aromatic rings. The number of unbranched alkanes of at least 4 members (excludes halogenated alkanes) is 2. The standard InChI is InChI=1S/C15H26/c1-12(2)13(3)8-6-5-7-9-14(4)15-10-11-15/h10,14H,5-9,11H2,1-4H3. The first-order valence-corrected chi connectivity index (χ1v) is 6.43. The average Bonchev–Trinajstić information content (AvgIpc) is 2.99. The van der Waals surface area contributed by atoms with Gasteiger partial charge < -0.3 is 0 Å². The molecular weight excluding hydrogens is 180 g/mol. The van der Waals surface area contributed by atoms with Crippen LogP contribution in [-0.4, -0.2) is 0 Å². The highest BCUT2D eigenvalue weighted by atomic mass is 14.2. The van der Waals surface area contributed by atoms with Crippen molar-refractivity contribution in [3.05, 3.63) is 22.8 Å². The zero-order valence-electron chi connectivity index (χ0n) is 10.9. The van der Waals surface area contributed by atoms with Crippen molar-refractivity contribution in [2.45, 2.75) is 66.2 Å². The van der Waals surface area contributed by atoms with Crippen LogP contribution in [0.25, 0.3) is 0 Å². The van der Waals surface area contributed by atoms with Crippen LogP contribution in [0, 0.1) is 5.92 Å². The fourth-order valence-electron chi connectivity index (χ4n) is 1.91. The van der Waals surface area contributed by atoms with E-state index in [2.05, 4.69) is 33.8 Å². The summed E-state index contributed by atoms with van der Waals surface area (Å²) < 4.78 is 0. The Kier molecular flexibility index (Phi) is 5.14. The van der Waals surface area contributed by atoms with Gasteiger partial charge in [-0.05, 0) is 52.4 Å². The molecule has 0 bridgehead atoms. The fourth-order valence-corrected chi connectivity index (χ4v) is 1.91. The molecule has 0 aliphatic heterocycles. The van der Waals surface area contributed by atoms with Crippen LogP contribution in [0.5, 0.6) is 0 Å². The molecule has 1 atom stereocenters. The Hall–Kier alpha value is -0.520. The lowest BCUT2D eigenvalue weighted by atomic mass is 9.98. The monoisotopic (exact) mass is 206 g/mol. The summed E-state index contributed by atoms with van der Waals surface area (Å²) in [6.07, 6.45) is 10.6. The molecule has 1 aliphatic carbocycles. The SMILES string of the molecule is CC(C)=C(C)CCCCCC(C)C1=CC1. The van der Waals surface area contributed by atoms with E-state index >= 15 is 0 Å². The van der Waals surface area contributed by atoms with E-state index in [1.165, 1.54) is 44.1 Å². The minimum Gasteiger partial charge on any atom is -0.0807 e. The summed E-state index contributed by atoms with van der Waals surface area (Å²) in [7, 11) is 0. The highest BCUT2D eigenvalue weighted by Crippen LogP contribution is 2.31. The van der Waals surface area contributed by atoms with Gasteiger partial charge in [-0.3, -0.25) is 0 Å². The van der Waals surface area contributed by atoms with Gasteiger partial charge in [-0.1, -0.05) is 42.6 Å². The van der Waals surface area contributed by atoms with E-state index in [1.807, 2.05) is 0 Å². The lowest BCUT2D eigenvalue weighted by Gasteiger charge is -2.07. The van der Waals surface area contributed by atoms with E-state index < -0.39 is 0 Å². The Morgan fingerprint density at radius 3 is 2.40 bits per heavy atom. The smallest absolute Gasteiger partial charge is 0.0133 e. The minimum absolute atomic E-state index is 0.870. The van der Waals surface area contributed by atoms with E-state index in [1.54, 1.807) is 11.1 Å². The minimum atomic E-state index is 0.870. The van der Waals surface area contributed by atoms with E-state index in [0.717, 1.165) is 5.92 Å². The first-order chi connectivity index (χ1) is 7.11. The van der Waals surface area contributed by atoms with Gasteiger partial charge in [-0.15, -0.1) is 0 Å². The van der Waals surface area contributed by atoms with Gasteiger partial charge >= 0.3 is 0 Å². The normalized spacial score (nSPS) is 15.9. The van der Waals surface area contributed by atoms with Gasteiger partial charge in [0.1, 0.15) is 0 Å². The van der Waals surface area contributed by atoms with Gasteiger partial charge in [-0.2, -0.15) is 0 Å². The Bertz CT molecular complexity index is 251. The van der Waals surface area contributed by atoms with Crippen molar-refractivity contribution < 1.29 is 0 Å². The van der Waals surface area contributed by atoms with Crippen LogP contribution in [-0.2, 0) is 0 Å². The van der Waals surface area contributed by atoms with Gasteiger partial charge in [0.05, 0.1) is 0 Å². The molecule has 0 heterocycles. The molecule has 0 spiro atoms. The first kappa shape index (κ1) is 12.5. The maximum absolute atomic E-state index is 2.38. The Morgan fingerprint density at radius 1 is 1.20 bits per heavy atom. The molecule has 1 aliphatic rings. The van der Waals surface area contributed by atoms with Gasteiger partial charge in [0.2, 0.25) is 0 Å². The second-order valence-electron chi connectivity index (χ2n) is 5.26. The lowest BCUT2D eigenvalue weighted by Crippen LogP contribution is -1.92. The molecule has 1 unspecified atom stereocenters. The summed E-state index contributed by atoms with van der Waals surface area (Å²) in [5.41, 5.74) is 4.80. The number of hydrogen-bond donors (Lipinski definition) is 0. The summed E-state index contributed by atoms with van der Waals surface area (Å²) in [4.78, 5) is 0. The highest BCUT2D eigenvalue weighted by Gasteiger charge is 2.14. The molecule has 0 saturated heterocycles. The highest BCUT2D eigenvalue weighted by molar-refractivity contribution is 5.23. The van der Waals surface area contributed by atoms with Gasteiger partial charge in [0, 0.05) is 0 Å². The summed E-state index contributed by atoms with van der Waals surface area (Å²) in [6, 6.07) is 0. The number of hydrogen-bond acceptors (Lipinski definition) is 0. The fraction of sp³-hybridized carbons (Fsp3) is 0.733. The maximum Gasteiger partial charge on any atom is -0.0133 e. The molecule has 15 heavy (non-hydrogen) atoms. The van der Waals surface area contributed by atoms with E-state index in [0.29, 0.717) is 0 Å². The summed E-state index contributed by atoms with van der Waals surface area (Å²) >= 11 is 0. The van der Waals surface area contributed by atoms with Crippen LogP contribution in [0.15, 0.2) is 22.8 Å². The molecule has 0 saturated carbocycles. The average molecular weight is 206 g/mol.